The average molecular weight is 265 g/mol. The molecule has 0 fully saturated rings. The summed E-state index contributed by atoms with van der Waals surface area (Å²) in [5, 5.41) is 0.455. The Labute approximate surface area is 108 Å². The van der Waals surface area contributed by atoms with E-state index in [1.54, 1.807) is 6.07 Å². The monoisotopic (exact) mass is 264 g/mol. The molecule has 0 atom stereocenters. The molecule has 92 valence electrons. The first kappa shape index (κ1) is 12.3. The second-order valence-corrected chi connectivity index (χ2v) is 3.75. The molecule has 2 aromatic rings. The lowest BCUT2D eigenvalue weighted by atomic mass is 10.3. The van der Waals surface area contributed by atoms with Gasteiger partial charge in [0.1, 0.15) is 5.75 Å². The summed E-state index contributed by atoms with van der Waals surface area (Å²) in [6, 6.07) is 4.61. The number of ether oxygens (including phenoxy) is 2. The summed E-state index contributed by atoms with van der Waals surface area (Å²) in [7, 11) is 1.31. The van der Waals surface area contributed by atoms with Gasteiger partial charge >= 0.3 is 5.97 Å². The fourth-order valence-electron chi connectivity index (χ4n) is 1.28. The number of halogens is 1. The highest BCUT2D eigenvalue weighted by Crippen LogP contribution is 2.21. The zero-order valence-electron chi connectivity index (χ0n) is 9.46. The third-order valence-electron chi connectivity index (χ3n) is 2.06. The maximum Gasteiger partial charge on any atom is 0.338 e. The van der Waals surface area contributed by atoms with Crippen LogP contribution in [0.3, 0.4) is 0 Å². The molecule has 2 aromatic heterocycles. The molecule has 2 rings (SSSR count). The first-order chi connectivity index (χ1) is 8.69. The Balaban J connectivity index is 2.22. The minimum absolute atomic E-state index is 0.266. The van der Waals surface area contributed by atoms with Crippen molar-refractivity contribution in [1.29, 1.82) is 0 Å². The molecule has 0 saturated heterocycles. The number of pyridine rings is 2. The number of rotatable bonds is 3. The van der Waals surface area contributed by atoms with Gasteiger partial charge in [-0.1, -0.05) is 11.6 Å². The summed E-state index contributed by atoms with van der Waals surface area (Å²) >= 11 is 5.78. The van der Waals surface area contributed by atoms with Gasteiger partial charge < -0.3 is 9.47 Å². The predicted octanol–water partition coefficient (Wildman–Crippen LogP) is 2.71. The fraction of sp³-hybridized carbons (Fsp3) is 0.0833. The number of methoxy groups -OCH3 is 1. The van der Waals surface area contributed by atoms with Gasteiger partial charge in [0.2, 0.25) is 5.88 Å². The van der Waals surface area contributed by atoms with E-state index in [0.29, 0.717) is 16.3 Å². The van der Waals surface area contributed by atoms with E-state index in [-0.39, 0.29) is 5.88 Å². The summed E-state index contributed by atoms with van der Waals surface area (Å²) < 4.78 is 10.0. The van der Waals surface area contributed by atoms with Crippen LogP contribution in [0.4, 0.5) is 0 Å². The second kappa shape index (κ2) is 5.46. The molecule has 6 heteroatoms. The van der Waals surface area contributed by atoms with E-state index >= 15 is 0 Å². The van der Waals surface area contributed by atoms with Crippen molar-refractivity contribution in [2.24, 2.45) is 0 Å². The van der Waals surface area contributed by atoms with Gasteiger partial charge in [0.05, 0.1) is 23.9 Å². The van der Waals surface area contributed by atoms with Gasteiger partial charge in [0.15, 0.2) is 0 Å². The summed E-state index contributed by atoms with van der Waals surface area (Å²) in [4.78, 5) is 19.2. The van der Waals surface area contributed by atoms with E-state index in [1.165, 1.54) is 37.8 Å². The van der Waals surface area contributed by atoms with Gasteiger partial charge in [-0.2, -0.15) is 0 Å². The SMILES string of the molecule is COC(=O)c1ccnc(Oc2cncc(Cl)c2)c1. The van der Waals surface area contributed by atoms with E-state index in [0.717, 1.165) is 0 Å². The average Bonchev–Trinajstić information content (AvgIpc) is 2.38. The lowest BCUT2D eigenvalue weighted by molar-refractivity contribution is 0.0600. The maximum atomic E-state index is 11.3. The molecule has 0 radical (unpaired) electrons. The Bertz CT molecular complexity index is 575. The summed E-state index contributed by atoms with van der Waals surface area (Å²) in [5.74, 6) is 0.255. The van der Waals surface area contributed by atoms with Crippen LogP contribution in [0.5, 0.6) is 11.6 Å². The Hall–Kier alpha value is -2.14. The van der Waals surface area contributed by atoms with E-state index < -0.39 is 5.97 Å². The molecule has 0 spiro atoms. The van der Waals surface area contributed by atoms with Crippen molar-refractivity contribution >= 4 is 17.6 Å². The third kappa shape index (κ3) is 2.95. The van der Waals surface area contributed by atoms with Crippen molar-refractivity contribution in [2.75, 3.05) is 7.11 Å². The highest BCUT2D eigenvalue weighted by atomic mass is 35.5. The quantitative estimate of drug-likeness (QED) is 0.798. The first-order valence-corrected chi connectivity index (χ1v) is 5.39. The van der Waals surface area contributed by atoms with Crippen LogP contribution in [0.1, 0.15) is 10.4 Å². The molecule has 0 amide bonds. The predicted molar refractivity (Wildman–Crippen MR) is 64.9 cm³/mol. The lowest BCUT2D eigenvalue weighted by Gasteiger charge is -2.05. The standard InChI is InChI=1S/C12H9ClN2O3/c1-17-12(16)8-2-3-15-11(4-8)18-10-5-9(13)6-14-7-10/h2-7H,1H3. The van der Waals surface area contributed by atoms with Crippen molar-refractivity contribution in [3.05, 3.63) is 47.4 Å². The Morgan fingerprint density at radius 3 is 2.89 bits per heavy atom. The number of carbonyl (C=O) groups is 1. The van der Waals surface area contributed by atoms with Crippen LogP contribution >= 0.6 is 11.6 Å². The van der Waals surface area contributed by atoms with Crippen molar-refractivity contribution in [1.82, 2.24) is 9.97 Å². The van der Waals surface area contributed by atoms with Gasteiger partial charge in [0.25, 0.3) is 0 Å². The molecule has 5 nitrogen and oxygen atoms in total. The molecule has 0 aliphatic carbocycles. The minimum Gasteiger partial charge on any atom is -0.465 e. The first-order valence-electron chi connectivity index (χ1n) is 5.02. The number of carbonyl (C=O) groups excluding carboxylic acids is 1. The number of nitrogens with zero attached hydrogens (tertiary/aromatic N) is 2. The second-order valence-electron chi connectivity index (χ2n) is 3.32. The smallest absolute Gasteiger partial charge is 0.338 e. The lowest BCUT2D eigenvalue weighted by Crippen LogP contribution is -2.01. The van der Waals surface area contributed by atoms with Crippen molar-refractivity contribution in [2.45, 2.75) is 0 Å². The zero-order chi connectivity index (χ0) is 13.0. The van der Waals surface area contributed by atoms with Gasteiger partial charge in [-0.3, -0.25) is 4.98 Å². The highest BCUT2D eigenvalue weighted by molar-refractivity contribution is 6.30. The molecule has 18 heavy (non-hydrogen) atoms. The van der Waals surface area contributed by atoms with E-state index in [2.05, 4.69) is 14.7 Å². The largest absolute Gasteiger partial charge is 0.465 e. The van der Waals surface area contributed by atoms with Gasteiger partial charge in [-0.05, 0) is 6.07 Å². The van der Waals surface area contributed by atoms with Crippen molar-refractivity contribution in [3.63, 3.8) is 0 Å². The number of esters is 1. The zero-order valence-corrected chi connectivity index (χ0v) is 10.2. The molecular formula is C12H9ClN2O3. The van der Waals surface area contributed by atoms with E-state index in [1.807, 2.05) is 0 Å². The van der Waals surface area contributed by atoms with E-state index in [9.17, 15) is 4.79 Å². The van der Waals surface area contributed by atoms with Crippen LogP contribution < -0.4 is 4.74 Å². The molecule has 0 saturated carbocycles. The van der Waals surface area contributed by atoms with Crippen LogP contribution in [0.15, 0.2) is 36.8 Å². The minimum atomic E-state index is -0.452. The Morgan fingerprint density at radius 1 is 1.33 bits per heavy atom. The summed E-state index contributed by atoms with van der Waals surface area (Å²) in [6.45, 7) is 0. The van der Waals surface area contributed by atoms with Gasteiger partial charge in [-0.15, -0.1) is 0 Å². The molecule has 2 heterocycles. The normalized spacial score (nSPS) is 9.89. The van der Waals surface area contributed by atoms with Crippen LogP contribution in [0.25, 0.3) is 0 Å². The number of aromatic nitrogens is 2. The topological polar surface area (TPSA) is 61.3 Å². The molecule has 0 aliphatic heterocycles. The fourth-order valence-corrected chi connectivity index (χ4v) is 1.44. The van der Waals surface area contributed by atoms with Crippen molar-refractivity contribution in [3.8, 4) is 11.6 Å². The highest BCUT2D eigenvalue weighted by Gasteiger charge is 2.08. The summed E-state index contributed by atoms with van der Waals surface area (Å²) in [6.07, 6.45) is 4.45. The molecule has 0 aromatic carbocycles. The maximum absolute atomic E-state index is 11.3. The van der Waals surface area contributed by atoms with Gasteiger partial charge in [-0.25, -0.2) is 9.78 Å². The summed E-state index contributed by atoms with van der Waals surface area (Å²) in [5.41, 5.74) is 0.359. The molecule has 0 N–H and O–H groups in total. The van der Waals surface area contributed by atoms with Crippen LogP contribution in [-0.2, 0) is 4.74 Å². The Kier molecular flexibility index (Phi) is 3.74. The van der Waals surface area contributed by atoms with E-state index in [4.69, 9.17) is 16.3 Å². The molecule has 0 aliphatic rings. The van der Waals surface area contributed by atoms with Crippen LogP contribution in [-0.4, -0.2) is 23.0 Å². The number of hydrogen-bond donors (Lipinski definition) is 0. The molecule has 0 unspecified atom stereocenters. The number of hydrogen-bond acceptors (Lipinski definition) is 5. The molecule has 0 bridgehead atoms. The van der Waals surface area contributed by atoms with Crippen LogP contribution in [0.2, 0.25) is 5.02 Å². The molecular weight excluding hydrogens is 256 g/mol. The van der Waals surface area contributed by atoms with Crippen molar-refractivity contribution < 1.29 is 14.3 Å². The third-order valence-corrected chi connectivity index (χ3v) is 2.26. The Morgan fingerprint density at radius 2 is 2.17 bits per heavy atom. The van der Waals surface area contributed by atoms with Gasteiger partial charge in [0, 0.05) is 24.5 Å². The van der Waals surface area contributed by atoms with Crippen LogP contribution in [0, 0.1) is 0 Å².